The molecule has 6 heteroatoms. The van der Waals surface area contributed by atoms with E-state index in [-0.39, 0.29) is 18.1 Å². The zero-order chi connectivity index (χ0) is 19.0. The van der Waals surface area contributed by atoms with Crippen LogP contribution in [0.4, 0.5) is 0 Å². The van der Waals surface area contributed by atoms with Gasteiger partial charge in [0.2, 0.25) is 0 Å². The molecule has 0 spiro atoms. The van der Waals surface area contributed by atoms with Gasteiger partial charge in [0, 0.05) is 22.3 Å². The number of nitrogens with one attached hydrogen (secondary N) is 1. The van der Waals surface area contributed by atoms with Gasteiger partial charge in [-0.05, 0) is 62.5 Å². The van der Waals surface area contributed by atoms with Crippen LogP contribution < -0.4 is 5.32 Å². The van der Waals surface area contributed by atoms with Crippen molar-refractivity contribution in [2.75, 3.05) is 0 Å². The topological polar surface area (TPSA) is 41.3 Å². The second kappa shape index (κ2) is 7.44. The molecular formula is C21H20BrN3OS. The summed E-state index contributed by atoms with van der Waals surface area (Å²) in [4.78, 5) is 6.74. The standard InChI is InChI=1S/C21H20BrN3OS/c1-13(2)25-20(19(24-21(25)27)16-5-3-4-12-23-16)18-11-10-17(26-18)14-6-8-15(22)9-7-14/h3-13,19-20H,1-2H3,(H,24,27)/t19-,20+/m0/s1. The van der Waals surface area contributed by atoms with Crippen LogP contribution in [0.25, 0.3) is 11.3 Å². The van der Waals surface area contributed by atoms with E-state index in [4.69, 9.17) is 16.6 Å². The van der Waals surface area contributed by atoms with Crippen molar-refractivity contribution in [2.45, 2.75) is 32.0 Å². The molecule has 1 saturated heterocycles. The molecule has 1 aliphatic rings. The Balaban J connectivity index is 1.74. The number of aromatic nitrogens is 1. The summed E-state index contributed by atoms with van der Waals surface area (Å²) < 4.78 is 7.34. The van der Waals surface area contributed by atoms with Crippen LogP contribution in [-0.2, 0) is 0 Å². The Morgan fingerprint density at radius 1 is 1.11 bits per heavy atom. The number of thiocarbonyl (C=S) groups is 1. The molecular weight excluding hydrogens is 422 g/mol. The summed E-state index contributed by atoms with van der Waals surface area (Å²) in [7, 11) is 0. The highest BCUT2D eigenvalue weighted by atomic mass is 79.9. The molecule has 0 unspecified atom stereocenters. The first-order valence-electron chi connectivity index (χ1n) is 8.90. The molecule has 2 aromatic heterocycles. The van der Waals surface area contributed by atoms with E-state index < -0.39 is 0 Å². The molecule has 1 fully saturated rings. The molecule has 27 heavy (non-hydrogen) atoms. The third-order valence-corrected chi connectivity index (χ3v) is 5.60. The molecule has 4 rings (SSSR count). The molecule has 4 nitrogen and oxygen atoms in total. The number of pyridine rings is 1. The van der Waals surface area contributed by atoms with Crippen LogP contribution >= 0.6 is 28.1 Å². The van der Waals surface area contributed by atoms with E-state index in [1.807, 2.05) is 60.8 Å². The number of hydrogen-bond acceptors (Lipinski definition) is 3. The highest BCUT2D eigenvalue weighted by Gasteiger charge is 2.42. The lowest BCUT2D eigenvalue weighted by atomic mass is 10.0. The fourth-order valence-corrected chi connectivity index (χ4v) is 4.22. The molecule has 1 aromatic carbocycles. The van der Waals surface area contributed by atoms with Gasteiger partial charge in [0.1, 0.15) is 17.6 Å². The van der Waals surface area contributed by atoms with Gasteiger partial charge >= 0.3 is 0 Å². The van der Waals surface area contributed by atoms with Gasteiger partial charge < -0.3 is 14.6 Å². The van der Waals surface area contributed by atoms with Gasteiger partial charge in [-0.2, -0.15) is 0 Å². The molecule has 3 aromatic rings. The normalized spacial score (nSPS) is 19.6. The molecule has 0 bridgehead atoms. The van der Waals surface area contributed by atoms with E-state index in [2.05, 4.69) is 45.0 Å². The number of nitrogens with zero attached hydrogens (tertiary/aromatic N) is 2. The Bertz CT molecular complexity index is 940. The highest BCUT2D eigenvalue weighted by molar-refractivity contribution is 9.10. The van der Waals surface area contributed by atoms with Gasteiger partial charge in [-0.1, -0.05) is 34.1 Å². The number of rotatable bonds is 4. The van der Waals surface area contributed by atoms with E-state index in [0.29, 0.717) is 0 Å². The van der Waals surface area contributed by atoms with E-state index in [9.17, 15) is 0 Å². The van der Waals surface area contributed by atoms with E-state index in [0.717, 1.165) is 32.4 Å². The zero-order valence-electron chi connectivity index (χ0n) is 15.1. The van der Waals surface area contributed by atoms with Crippen molar-refractivity contribution in [1.29, 1.82) is 0 Å². The summed E-state index contributed by atoms with van der Waals surface area (Å²) in [5.74, 6) is 1.73. The van der Waals surface area contributed by atoms with Crippen LogP contribution in [0.15, 0.2) is 69.7 Å². The van der Waals surface area contributed by atoms with E-state index >= 15 is 0 Å². The SMILES string of the molecule is CC(C)N1C(=S)N[C@@H](c2ccccn2)[C@H]1c1ccc(-c2ccc(Br)cc2)o1. The maximum absolute atomic E-state index is 6.29. The van der Waals surface area contributed by atoms with Crippen LogP contribution in [0.1, 0.15) is 37.4 Å². The predicted molar refractivity (Wildman–Crippen MR) is 114 cm³/mol. The summed E-state index contributed by atoms with van der Waals surface area (Å²) in [6.07, 6.45) is 1.81. The van der Waals surface area contributed by atoms with Crippen molar-refractivity contribution in [1.82, 2.24) is 15.2 Å². The van der Waals surface area contributed by atoms with Crippen molar-refractivity contribution in [2.24, 2.45) is 0 Å². The second-order valence-corrected chi connectivity index (χ2v) is 8.14. The maximum Gasteiger partial charge on any atom is 0.170 e. The first-order valence-corrected chi connectivity index (χ1v) is 10.1. The summed E-state index contributed by atoms with van der Waals surface area (Å²) in [5.41, 5.74) is 2.00. The first kappa shape index (κ1) is 18.2. The van der Waals surface area contributed by atoms with E-state index in [1.54, 1.807) is 0 Å². The van der Waals surface area contributed by atoms with Crippen LogP contribution in [-0.4, -0.2) is 21.0 Å². The molecule has 1 N–H and O–H groups in total. The predicted octanol–water partition coefficient (Wildman–Crippen LogP) is 5.49. The van der Waals surface area contributed by atoms with Crippen molar-refractivity contribution in [3.8, 4) is 11.3 Å². The Labute approximate surface area is 172 Å². The second-order valence-electron chi connectivity index (χ2n) is 6.84. The third kappa shape index (κ3) is 3.51. The van der Waals surface area contributed by atoms with Crippen LogP contribution in [0.5, 0.6) is 0 Å². The van der Waals surface area contributed by atoms with Gasteiger partial charge in [0.15, 0.2) is 5.11 Å². The smallest absolute Gasteiger partial charge is 0.170 e. The molecule has 3 heterocycles. The Morgan fingerprint density at radius 3 is 2.56 bits per heavy atom. The molecule has 1 aliphatic heterocycles. The fraction of sp³-hybridized carbons (Fsp3) is 0.238. The summed E-state index contributed by atoms with van der Waals surface area (Å²) in [6, 6.07) is 18.3. The lowest BCUT2D eigenvalue weighted by Gasteiger charge is -2.29. The molecule has 138 valence electrons. The minimum atomic E-state index is -0.0509. The van der Waals surface area contributed by atoms with Gasteiger partial charge in [-0.25, -0.2) is 0 Å². The van der Waals surface area contributed by atoms with Crippen molar-refractivity contribution >= 4 is 33.3 Å². The Kier molecular flexibility index (Phi) is 5.02. The van der Waals surface area contributed by atoms with Crippen LogP contribution in [0.3, 0.4) is 0 Å². The molecule has 0 aliphatic carbocycles. The van der Waals surface area contributed by atoms with Gasteiger partial charge in [0.05, 0.1) is 11.7 Å². The van der Waals surface area contributed by atoms with E-state index in [1.165, 1.54) is 0 Å². The highest BCUT2D eigenvalue weighted by Crippen LogP contribution is 2.41. The summed E-state index contributed by atoms with van der Waals surface area (Å²) in [5, 5.41) is 4.16. The minimum absolute atomic E-state index is 0.0448. The lowest BCUT2D eigenvalue weighted by Crippen LogP contribution is -2.35. The molecule has 0 saturated carbocycles. The lowest BCUT2D eigenvalue weighted by molar-refractivity contribution is 0.237. The number of hydrogen-bond donors (Lipinski definition) is 1. The monoisotopic (exact) mass is 441 g/mol. The van der Waals surface area contributed by atoms with Crippen molar-refractivity contribution in [3.05, 3.63) is 76.7 Å². The Hall–Kier alpha value is -2.18. The quantitative estimate of drug-likeness (QED) is 0.542. The number of halogens is 1. The van der Waals surface area contributed by atoms with Crippen molar-refractivity contribution < 1.29 is 4.42 Å². The molecule has 2 atom stereocenters. The average Bonchev–Trinajstić information content (AvgIpc) is 3.27. The van der Waals surface area contributed by atoms with Gasteiger partial charge in [-0.3, -0.25) is 4.98 Å². The van der Waals surface area contributed by atoms with Crippen molar-refractivity contribution in [3.63, 3.8) is 0 Å². The molecule has 0 radical (unpaired) electrons. The van der Waals surface area contributed by atoms with Crippen LogP contribution in [0, 0.1) is 0 Å². The summed E-state index contributed by atoms with van der Waals surface area (Å²) >= 11 is 9.10. The maximum atomic E-state index is 6.29. The Morgan fingerprint density at radius 2 is 1.89 bits per heavy atom. The average molecular weight is 442 g/mol. The number of benzene rings is 1. The first-order chi connectivity index (χ1) is 13.0. The third-order valence-electron chi connectivity index (χ3n) is 4.74. The van der Waals surface area contributed by atoms with Gasteiger partial charge in [-0.15, -0.1) is 0 Å². The largest absolute Gasteiger partial charge is 0.459 e. The van der Waals surface area contributed by atoms with Crippen LogP contribution in [0.2, 0.25) is 0 Å². The van der Waals surface area contributed by atoms with Gasteiger partial charge in [0.25, 0.3) is 0 Å². The fourth-order valence-electron chi connectivity index (χ4n) is 3.51. The number of furan rings is 1. The summed E-state index contributed by atoms with van der Waals surface area (Å²) in [6.45, 7) is 4.28. The molecule has 0 amide bonds. The zero-order valence-corrected chi connectivity index (χ0v) is 17.5. The minimum Gasteiger partial charge on any atom is -0.459 e.